The van der Waals surface area contributed by atoms with E-state index >= 15 is 0 Å². The molecule has 4 rings (SSSR count). The van der Waals surface area contributed by atoms with E-state index in [4.69, 9.17) is 0 Å². The van der Waals surface area contributed by atoms with E-state index in [0.29, 0.717) is 25.2 Å². The summed E-state index contributed by atoms with van der Waals surface area (Å²) < 4.78 is 1.63. The maximum Gasteiger partial charge on any atom is 0.276 e. The lowest BCUT2D eigenvalue weighted by molar-refractivity contribution is -0.121. The predicted octanol–water partition coefficient (Wildman–Crippen LogP) is 2.85. The van der Waals surface area contributed by atoms with Gasteiger partial charge >= 0.3 is 0 Å². The number of amides is 2. The van der Waals surface area contributed by atoms with Gasteiger partial charge in [-0.3, -0.25) is 9.59 Å². The van der Waals surface area contributed by atoms with Crippen molar-refractivity contribution >= 4 is 23.2 Å². The molecule has 1 aliphatic rings. The third-order valence-electron chi connectivity index (χ3n) is 5.38. The van der Waals surface area contributed by atoms with Gasteiger partial charge in [0.2, 0.25) is 5.91 Å². The monoisotopic (exact) mass is 423 g/mol. The maximum absolute atomic E-state index is 12.8. The summed E-state index contributed by atoms with van der Waals surface area (Å²) in [6.45, 7) is 3.31. The van der Waals surface area contributed by atoms with Crippen LogP contribution < -0.4 is 5.32 Å². The SMILES string of the molecule is CCc1ccc(-n2cc(C(=O)N3CCC(NC(=O)Cc4cccs4)CC3)nn2)cc1. The molecule has 0 atom stereocenters. The summed E-state index contributed by atoms with van der Waals surface area (Å²) in [7, 11) is 0. The van der Waals surface area contributed by atoms with Gasteiger partial charge in [-0.05, 0) is 48.4 Å². The van der Waals surface area contributed by atoms with Crippen LogP contribution >= 0.6 is 11.3 Å². The number of benzene rings is 1. The fourth-order valence-electron chi connectivity index (χ4n) is 3.61. The maximum atomic E-state index is 12.8. The molecule has 0 radical (unpaired) electrons. The smallest absolute Gasteiger partial charge is 0.276 e. The molecule has 3 aromatic rings. The summed E-state index contributed by atoms with van der Waals surface area (Å²) in [6.07, 6.45) is 4.56. The lowest BCUT2D eigenvalue weighted by Gasteiger charge is -2.31. The number of nitrogens with zero attached hydrogens (tertiary/aromatic N) is 4. The lowest BCUT2D eigenvalue weighted by Crippen LogP contribution is -2.47. The number of nitrogens with one attached hydrogen (secondary N) is 1. The van der Waals surface area contributed by atoms with Crippen LogP contribution in [0.4, 0.5) is 0 Å². The Kier molecular flexibility index (Phi) is 6.23. The Morgan fingerprint density at radius 2 is 1.93 bits per heavy atom. The van der Waals surface area contributed by atoms with E-state index in [0.717, 1.165) is 29.8 Å². The van der Waals surface area contributed by atoms with Crippen LogP contribution in [0.25, 0.3) is 5.69 Å². The van der Waals surface area contributed by atoms with Gasteiger partial charge in [0, 0.05) is 24.0 Å². The van der Waals surface area contributed by atoms with Crippen LogP contribution in [-0.4, -0.2) is 50.8 Å². The summed E-state index contributed by atoms with van der Waals surface area (Å²) in [4.78, 5) is 27.8. The van der Waals surface area contributed by atoms with Gasteiger partial charge in [-0.25, -0.2) is 4.68 Å². The van der Waals surface area contributed by atoms with E-state index in [2.05, 4.69) is 34.7 Å². The normalized spacial score (nSPS) is 14.6. The molecule has 156 valence electrons. The lowest BCUT2D eigenvalue weighted by atomic mass is 10.0. The number of aryl methyl sites for hydroxylation is 1. The molecule has 1 N–H and O–H groups in total. The Bertz CT molecular complexity index is 989. The highest BCUT2D eigenvalue weighted by molar-refractivity contribution is 7.10. The average Bonchev–Trinajstić information content (AvgIpc) is 3.46. The second-order valence-corrected chi connectivity index (χ2v) is 8.49. The fraction of sp³-hybridized carbons (Fsp3) is 0.364. The summed E-state index contributed by atoms with van der Waals surface area (Å²) in [5, 5.41) is 13.2. The van der Waals surface area contributed by atoms with E-state index in [1.54, 1.807) is 27.1 Å². The molecule has 0 saturated carbocycles. The Morgan fingerprint density at radius 3 is 2.60 bits per heavy atom. The fourth-order valence-corrected chi connectivity index (χ4v) is 4.31. The highest BCUT2D eigenvalue weighted by Gasteiger charge is 2.26. The molecular weight excluding hydrogens is 398 g/mol. The molecule has 3 heterocycles. The molecule has 1 aromatic carbocycles. The van der Waals surface area contributed by atoms with Crippen LogP contribution in [0.1, 0.15) is 40.7 Å². The van der Waals surface area contributed by atoms with Crippen molar-refractivity contribution in [1.29, 1.82) is 0 Å². The zero-order valence-corrected chi connectivity index (χ0v) is 17.8. The van der Waals surface area contributed by atoms with Crippen molar-refractivity contribution in [1.82, 2.24) is 25.2 Å². The van der Waals surface area contributed by atoms with Gasteiger partial charge in [0.25, 0.3) is 5.91 Å². The second-order valence-electron chi connectivity index (χ2n) is 7.46. The number of carbonyl (C=O) groups is 2. The van der Waals surface area contributed by atoms with E-state index in [-0.39, 0.29) is 17.9 Å². The second kappa shape index (κ2) is 9.21. The van der Waals surface area contributed by atoms with E-state index < -0.39 is 0 Å². The van der Waals surface area contributed by atoms with Crippen molar-refractivity contribution in [2.24, 2.45) is 0 Å². The van der Waals surface area contributed by atoms with E-state index in [9.17, 15) is 9.59 Å². The molecule has 30 heavy (non-hydrogen) atoms. The van der Waals surface area contributed by atoms with Crippen molar-refractivity contribution in [3.63, 3.8) is 0 Å². The topological polar surface area (TPSA) is 80.1 Å². The number of piperidine rings is 1. The molecule has 7 nitrogen and oxygen atoms in total. The molecule has 2 amide bonds. The number of likely N-dealkylation sites (tertiary alicyclic amines) is 1. The Hall–Kier alpha value is -3.00. The van der Waals surface area contributed by atoms with Crippen LogP contribution in [0.5, 0.6) is 0 Å². The Labute approximate surface area is 179 Å². The first-order valence-electron chi connectivity index (χ1n) is 10.2. The van der Waals surface area contributed by atoms with Crippen LogP contribution in [0.3, 0.4) is 0 Å². The number of rotatable bonds is 6. The highest BCUT2D eigenvalue weighted by atomic mass is 32.1. The first-order chi connectivity index (χ1) is 14.6. The average molecular weight is 424 g/mol. The summed E-state index contributed by atoms with van der Waals surface area (Å²) in [6, 6.07) is 12.1. The summed E-state index contributed by atoms with van der Waals surface area (Å²) >= 11 is 1.59. The van der Waals surface area contributed by atoms with E-state index in [1.165, 1.54) is 5.56 Å². The summed E-state index contributed by atoms with van der Waals surface area (Å²) in [5.74, 6) is -0.0750. The van der Waals surface area contributed by atoms with Gasteiger partial charge in [-0.15, -0.1) is 16.4 Å². The van der Waals surface area contributed by atoms with Gasteiger partial charge in [0.15, 0.2) is 5.69 Å². The van der Waals surface area contributed by atoms with Crippen molar-refractivity contribution in [2.45, 2.75) is 38.6 Å². The predicted molar refractivity (Wildman–Crippen MR) is 116 cm³/mol. The van der Waals surface area contributed by atoms with Crippen molar-refractivity contribution in [2.75, 3.05) is 13.1 Å². The van der Waals surface area contributed by atoms with Crippen LogP contribution in [0.2, 0.25) is 0 Å². The number of hydrogen-bond donors (Lipinski definition) is 1. The van der Waals surface area contributed by atoms with E-state index in [1.807, 2.05) is 29.6 Å². The minimum atomic E-state index is -0.116. The molecule has 0 bridgehead atoms. The molecular formula is C22H25N5O2S. The number of thiophene rings is 1. The van der Waals surface area contributed by atoms with Crippen LogP contribution in [-0.2, 0) is 17.6 Å². The zero-order chi connectivity index (χ0) is 20.9. The van der Waals surface area contributed by atoms with Crippen LogP contribution in [0, 0.1) is 0 Å². The first kappa shape index (κ1) is 20.3. The van der Waals surface area contributed by atoms with Crippen molar-refractivity contribution in [3.05, 3.63) is 64.1 Å². The first-order valence-corrected chi connectivity index (χ1v) is 11.1. The third-order valence-corrected chi connectivity index (χ3v) is 6.26. The van der Waals surface area contributed by atoms with Gasteiger partial charge in [0.05, 0.1) is 18.3 Å². The molecule has 1 fully saturated rings. The van der Waals surface area contributed by atoms with Crippen molar-refractivity contribution in [3.8, 4) is 5.69 Å². The molecule has 8 heteroatoms. The minimum absolute atomic E-state index is 0.0410. The van der Waals surface area contributed by atoms with Crippen LogP contribution in [0.15, 0.2) is 48.0 Å². The Balaban J connectivity index is 1.30. The molecule has 0 aliphatic carbocycles. The molecule has 1 aliphatic heterocycles. The molecule has 1 saturated heterocycles. The molecule has 0 unspecified atom stereocenters. The highest BCUT2D eigenvalue weighted by Crippen LogP contribution is 2.16. The molecule has 0 spiro atoms. The van der Waals surface area contributed by atoms with Gasteiger partial charge < -0.3 is 10.2 Å². The number of hydrogen-bond acceptors (Lipinski definition) is 5. The largest absolute Gasteiger partial charge is 0.353 e. The van der Waals surface area contributed by atoms with Crippen molar-refractivity contribution < 1.29 is 9.59 Å². The number of aromatic nitrogens is 3. The van der Waals surface area contributed by atoms with Gasteiger partial charge in [-0.1, -0.05) is 30.3 Å². The summed E-state index contributed by atoms with van der Waals surface area (Å²) in [5.41, 5.74) is 2.47. The quantitative estimate of drug-likeness (QED) is 0.661. The molecule has 2 aromatic heterocycles. The Morgan fingerprint density at radius 1 is 1.17 bits per heavy atom. The third kappa shape index (κ3) is 4.76. The standard InChI is InChI=1S/C22H25N5O2S/c1-2-16-5-7-18(8-6-16)27-15-20(24-25-27)22(29)26-11-9-17(10-12-26)23-21(28)14-19-4-3-13-30-19/h3-8,13,15,17H,2,9-12,14H2,1H3,(H,23,28). The zero-order valence-electron chi connectivity index (χ0n) is 17.0. The minimum Gasteiger partial charge on any atom is -0.353 e. The van der Waals surface area contributed by atoms with Gasteiger partial charge in [-0.2, -0.15) is 0 Å². The number of carbonyl (C=O) groups excluding carboxylic acids is 2. The van der Waals surface area contributed by atoms with Gasteiger partial charge in [0.1, 0.15) is 0 Å².